The number of ether oxygens (including phenoxy) is 2. The highest BCUT2D eigenvalue weighted by Crippen LogP contribution is 2.67. The predicted molar refractivity (Wildman–Crippen MR) is 99.1 cm³/mol. The second-order valence-electron chi connectivity index (χ2n) is 10.1. The zero-order valence-corrected chi connectivity index (χ0v) is 16.5. The minimum absolute atomic E-state index is 0.406. The van der Waals surface area contributed by atoms with Crippen molar-refractivity contribution in [3.63, 3.8) is 0 Å². The largest absolute Gasteiger partial charge is 0.396 e. The summed E-state index contributed by atoms with van der Waals surface area (Å²) in [4.78, 5) is 0. The summed E-state index contributed by atoms with van der Waals surface area (Å²) in [7, 11) is 1.72. The fourth-order valence-corrected chi connectivity index (χ4v) is 7.94. The minimum atomic E-state index is 0.406. The van der Waals surface area contributed by atoms with Crippen molar-refractivity contribution < 1.29 is 14.6 Å². The molecule has 4 saturated carbocycles. The van der Waals surface area contributed by atoms with Crippen LogP contribution in [0.2, 0.25) is 0 Å². The van der Waals surface area contributed by atoms with Gasteiger partial charge in [0.1, 0.15) is 6.79 Å². The number of fused-ring (bicyclic) bond motifs is 5. The fraction of sp³-hybridized carbons (Fsp3) is 1.00. The molecular formula is C22H38O3. The van der Waals surface area contributed by atoms with Gasteiger partial charge in [-0.25, -0.2) is 0 Å². The van der Waals surface area contributed by atoms with E-state index in [2.05, 4.69) is 13.8 Å². The van der Waals surface area contributed by atoms with Gasteiger partial charge in [0.05, 0.1) is 6.10 Å². The molecule has 0 heterocycles. The standard InChI is InChI=1S/C22H38O3/c1-21-10-8-17(25-14-24-3)12-15(21)4-6-18-19-7-5-16(13-23)22(19,2)11-9-20(18)21/h15-20,23H,4-14H2,1-3H3/t15-,16+,17+,18-,19-,20-,21-,22+/m0/s1. The van der Waals surface area contributed by atoms with Crippen LogP contribution in [0.3, 0.4) is 0 Å². The molecule has 0 aromatic carbocycles. The molecule has 0 unspecified atom stereocenters. The van der Waals surface area contributed by atoms with E-state index in [9.17, 15) is 5.11 Å². The second-order valence-corrected chi connectivity index (χ2v) is 10.1. The number of aliphatic hydroxyl groups is 1. The Labute approximate surface area is 153 Å². The van der Waals surface area contributed by atoms with Crippen molar-refractivity contribution in [2.24, 2.45) is 40.4 Å². The van der Waals surface area contributed by atoms with Crippen molar-refractivity contribution in [2.75, 3.05) is 20.5 Å². The lowest BCUT2D eigenvalue weighted by atomic mass is 9.44. The van der Waals surface area contributed by atoms with Crippen LogP contribution in [0.25, 0.3) is 0 Å². The zero-order chi connectivity index (χ0) is 17.7. The van der Waals surface area contributed by atoms with E-state index >= 15 is 0 Å². The fourth-order valence-electron chi connectivity index (χ4n) is 7.94. The molecule has 0 aromatic rings. The van der Waals surface area contributed by atoms with Gasteiger partial charge >= 0.3 is 0 Å². The maximum Gasteiger partial charge on any atom is 0.146 e. The molecule has 0 bridgehead atoms. The first-order valence-corrected chi connectivity index (χ1v) is 10.7. The third-order valence-corrected chi connectivity index (χ3v) is 9.46. The molecule has 0 spiro atoms. The third kappa shape index (κ3) is 2.80. The monoisotopic (exact) mass is 350 g/mol. The summed E-state index contributed by atoms with van der Waals surface area (Å²) in [6, 6.07) is 0. The molecule has 4 rings (SSSR count). The summed E-state index contributed by atoms with van der Waals surface area (Å²) in [6.45, 7) is 5.97. The quantitative estimate of drug-likeness (QED) is 0.752. The van der Waals surface area contributed by atoms with E-state index in [1.807, 2.05) is 0 Å². The van der Waals surface area contributed by atoms with E-state index in [-0.39, 0.29) is 0 Å². The van der Waals surface area contributed by atoms with Crippen LogP contribution >= 0.6 is 0 Å². The molecule has 0 radical (unpaired) electrons. The Morgan fingerprint density at radius 2 is 1.68 bits per heavy atom. The van der Waals surface area contributed by atoms with Gasteiger partial charge in [-0.05, 0) is 98.2 Å². The molecule has 4 aliphatic rings. The smallest absolute Gasteiger partial charge is 0.146 e. The van der Waals surface area contributed by atoms with Gasteiger partial charge in [-0.15, -0.1) is 0 Å². The van der Waals surface area contributed by atoms with E-state index in [1.54, 1.807) is 7.11 Å². The van der Waals surface area contributed by atoms with Crippen LogP contribution in [0.15, 0.2) is 0 Å². The lowest BCUT2D eigenvalue weighted by Crippen LogP contribution is -2.54. The van der Waals surface area contributed by atoms with Crippen LogP contribution < -0.4 is 0 Å². The molecular weight excluding hydrogens is 312 g/mol. The Hall–Kier alpha value is -0.120. The molecule has 3 heteroatoms. The molecule has 4 aliphatic carbocycles. The average molecular weight is 351 g/mol. The second kappa shape index (κ2) is 6.80. The molecule has 25 heavy (non-hydrogen) atoms. The van der Waals surface area contributed by atoms with E-state index in [0.29, 0.717) is 36.3 Å². The maximum absolute atomic E-state index is 9.88. The van der Waals surface area contributed by atoms with E-state index in [1.165, 1.54) is 57.8 Å². The van der Waals surface area contributed by atoms with Gasteiger partial charge in [-0.3, -0.25) is 0 Å². The Morgan fingerprint density at radius 1 is 0.920 bits per heavy atom. The van der Waals surface area contributed by atoms with E-state index in [4.69, 9.17) is 9.47 Å². The summed E-state index contributed by atoms with van der Waals surface area (Å²) in [6.07, 6.45) is 12.4. The molecule has 4 fully saturated rings. The maximum atomic E-state index is 9.88. The van der Waals surface area contributed by atoms with Crippen LogP contribution in [0.4, 0.5) is 0 Å². The molecule has 0 aromatic heterocycles. The highest BCUT2D eigenvalue weighted by atomic mass is 16.7. The molecule has 8 atom stereocenters. The summed E-state index contributed by atoms with van der Waals surface area (Å²) < 4.78 is 11.1. The van der Waals surface area contributed by atoms with E-state index < -0.39 is 0 Å². The van der Waals surface area contributed by atoms with Gasteiger partial charge in [0.15, 0.2) is 0 Å². The molecule has 1 N–H and O–H groups in total. The Kier molecular flexibility index (Phi) is 4.96. The number of hydrogen-bond acceptors (Lipinski definition) is 3. The Morgan fingerprint density at radius 3 is 2.44 bits per heavy atom. The van der Waals surface area contributed by atoms with Gasteiger partial charge in [-0.2, -0.15) is 0 Å². The van der Waals surface area contributed by atoms with Crippen LogP contribution in [-0.2, 0) is 9.47 Å². The van der Waals surface area contributed by atoms with Gasteiger partial charge in [0, 0.05) is 13.7 Å². The number of hydrogen-bond donors (Lipinski definition) is 1. The van der Waals surface area contributed by atoms with Crippen LogP contribution in [0.5, 0.6) is 0 Å². The first-order valence-electron chi connectivity index (χ1n) is 10.7. The average Bonchev–Trinajstić information content (AvgIpc) is 2.96. The van der Waals surface area contributed by atoms with Crippen LogP contribution in [-0.4, -0.2) is 31.7 Å². The van der Waals surface area contributed by atoms with Gasteiger partial charge < -0.3 is 14.6 Å². The lowest BCUT2D eigenvalue weighted by molar-refractivity contribution is -0.153. The minimum Gasteiger partial charge on any atom is -0.396 e. The number of methoxy groups -OCH3 is 1. The van der Waals surface area contributed by atoms with Crippen molar-refractivity contribution in [3.8, 4) is 0 Å². The molecule has 0 saturated heterocycles. The van der Waals surface area contributed by atoms with Gasteiger partial charge in [0.25, 0.3) is 0 Å². The highest BCUT2D eigenvalue weighted by Gasteiger charge is 2.59. The topological polar surface area (TPSA) is 38.7 Å². The molecule has 144 valence electrons. The van der Waals surface area contributed by atoms with E-state index in [0.717, 1.165) is 23.7 Å². The molecule has 0 aliphatic heterocycles. The van der Waals surface area contributed by atoms with Gasteiger partial charge in [-0.1, -0.05) is 13.8 Å². The van der Waals surface area contributed by atoms with Crippen LogP contribution in [0, 0.1) is 40.4 Å². The Bertz CT molecular complexity index is 480. The van der Waals surface area contributed by atoms with Crippen molar-refractivity contribution in [1.29, 1.82) is 0 Å². The summed E-state index contributed by atoms with van der Waals surface area (Å²) in [5, 5.41) is 9.88. The number of aliphatic hydroxyl groups excluding tert-OH is 1. The van der Waals surface area contributed by atoms with Crippen molar-refractivity contribution in [2.45, 2.75) is 77.7 Å². The van der Waals surface area contributed by atoms with Crippen LogP contribution in [0.1, 0.15) is 71.6 Å². The van der Waals surface area contributed by atoms with Crippen molar-refractivity contribution in [3.05, 3.63) is 0 Å². The molecule has 0 amide bonds. The summed E-state index contributed by atoms with van der Waals surface area (Å²) in [5.41, 5.74) is 0.937. The number of rotatable bonds is 4. The SMILES string of the molecule is COCO[C@@H]1CC[C@@]2(C)[C@@H](CC[C@@H]3[C@@H]2CC[C@]2(C)[C@@H](CO)CC[C@@H]32)C1. The van der Waals surface area contributed by atoms with Gasteiger partial charge in [0.2, 0.25) is 0 Å². The summed E-state index contributed by atoms with van der Waals surface area (Å²) >= 11 is 0. The summed E-state index contributed by atoms with van der Waals surface area (Å²) in [5.74, 6) is 4.08. The predicted octanol–water partition coefficient (Wildman–Crippen LogP) is 4.63. The molecule has 3 nitrogen and oxygen atoms in total. The van der Waals surface area contributed by atoms with Crippen molar-refractivity contribution >= 4 is 0 Å². The normalized spacial score (nSPS) is 52.3. The first-order chi connectivity index (χ1) is 12.0. The third-order valence-electron chi connectivity index (χ3n) is 9.46. The first kappa shape index (κ1) is 18.3. The van der Waals surface area contributed by atoms with Crippen molar-refractivity contribution in [1.82, 2.24) is 0 Å². The Balaban J connectivity index is 1.50. The highest BCUT2D eigenvalue weighted by molar-refractivity contribution is 5.09. The zero-order valence-electron chi connectivity index (χ0n) is 16.5. The lowest BCUT2D eigenvalue weighted by Gasteiger charge is -2.61.